The Labute approximate surface area is 425 Å². The lowest BCUT2D eigenvalue weighted by atomic mass is 10.0. The number of amides is 2. The minimum absolute atomic E-state index is 0.128. The Kier molecular flexibility index (Phi) is 22.7. The van der Waals surface area contributed by atoms with Gasteiger partial charge in [0.25, 0.3) is 5.91 Å². The maximum atomic E-state index is 13.2. The fourth-order valence-corrected chi connectivity index (χ4v) is 8.58. The normalized spacial score (nSPS) is 13.2. The van der Waals surface area contributed by atoms with Crippen LogP contribution in [-0.2, 0) is 64.0 Å². The largest absolute Gasteiger partial charge is 0.480 e. The van der Waals surface area contributed by atoms with Gasteiger partial charge in [0.05, 0.1) is 49.6 Å². The van der Waals surface area contributed by atoms with E-state index in [0.29, 0.717) is 83.0 Å². The van der Waals surface area contributed by atoms with E-state index in [2.05, 4.69) is 30.4 Å². The maximum absolute atomic E-state index is 13.2. The highest BCUT2D eigenvalue weighted by Crippen LogP contribution is 2.22. The molecule has 0 radical (unpaired) electrons. The molecule has 0 saturated heterocycles. The number of fused-ring (bicyclic) bond motifs is 1. The standard InChI is InChI=1S/C32H31N5O6S.C19H32N2O7S/c1-20-5-8-22(9-6-20)23-10-12-24(13-11-23)44(42,43)36-27(32(40)41)18-35-31(39)26-19-37(2)28-16-21(7-14-25(28)30(26)38)17-34-29-4-3-15-33-29;1-29(23,24)21-10-6-12-26-14-16-27-15-13-25-11-5-9-20-19(22)28-17-18-7-3-2-4-8-18/h3,5-16,19,27,36H,4,17-18H2,1-2H3,(H,33,34)(H,35,39)(H,40,41);2-4,7-8,21H,5-6,9-17H2,1H3,(H,20,22)/t27-;/m0./s1. The lowest BCUT2D eigenvalue weighted by molar-refractivity contribution is -0.138. The topological polar surface area (TPSA) is 271 Å². The molecule has 0 fully saturated rings. The summed E-state index contributed by atoms with van der Waals surface area (Å²) in [6, 6.07) is 26.8. The van der Waals surface area contributed by atoms with Crippen LogP contribution in [0.3, 0.4) is 0 Å². The second-order valence-electron chi connectivity index (χ2n) is 16.7. The predicted octanol–water partition coefficient (Wildman–Crippen LogP) is 4.37. The van der Waals surface area contributed by atoms with Crippen molar-refractivity contribution in [3.63, 3.8) is 0 Å². The molecule has 1 aliphatic heterocycles. The van der Waals surface area contributed by atoms with Crippen molar-refractivity contribution >= 4 is 54.8 Å². The Bertz CT molecular complexity index is 2940. The van der Waals surface area contributed by atoms with Crippen LogP contribution >= 0.6 is 0 Å². The monoisotopic (exact) mass is 1050 g/mol. The molecule has 1 atom stereocenters. The number of pyridine rings is 1. The van der Waals surface area contributed by atoms with Gasteiger partial charge in [-0.25, -0.2) is 26.4 Å². The van der Waals surface area contributed by atoms with Crippen molar-refractivity contribution in [1.82, 2.24) is 30.0 Å². The van der Waals surface area contributed by atoms with Gasteiger partial charge in [-0.05, 0) is 72.5 Å². The first-order chi connectivity index (χ1) is 35.0. The fraction of sp³-hybridized carbons (Fsp3) is 0.353. The number of nitrogens with one attached hydrogen (secondary N) is 5. The highest BCUT2D eigenvalue weighted by Gasteiger charge is 2.27. The number of hydrogen-bond acceptors (Lipinski definition) is 13. The van der Waals surface area contributed by atoms with Gasteiger partial charge in [-0.2, -0.15) is 4.72 Å². The van der Waals surface area contributed by atoms with Crippen LogP contribution < -0.4 is 30.8 Å². The van der Waals surface area contributed by atoms with Crippen molar-refractivity contribution in [3.05, 3.63) is 148 Å². The summed E-state index contributed by atoms with van der Waals surface area (Å²) in [5.74, 6) is -1.46. The Hall–Kier alpha value is -6.79. The molecule has 5 aromatic rings. The molecule has 0 saturated carbocycles. The van der Waals surface area contributed by atoms with E-state index in [1.165, 1.54) is 18.3 Å². The third kappa shape index (κ3) is 20.0. The van der Waals surface area contributed by atoms with Crippen LogP contribution in [0, 0.1) is 6.92 Å². The first-order valence-electron chi connectivity index (χ1n) is 23.4. The average molecular weight is 1050 g/mol. The number of carbonyl (C=O) groups is 3. The molecule has 20 nitrogen and oxygen atoms in total. The predicted molar refractivity (Wildman–Crippen MR) is 277 cm³/mol. The number of amidine groups is 1. The average Bonchev–Trinajstić information content (AvgIpc) is 3.90. The van der Waals surface area contributed by atoms with Gasteiger partial charge >= 0.3 is 12.1 Å². The number of benzene rings is 4. The van der Waals surface area contributed by atoms with Crippen molar-refractivity contribution in [2.45, 2.75) is 50.3 Å². The molecule has 6 rings (SSSR count). The molecule has 0 unspecified atom stereocenters. The van der Waals surface area contributed by atoms with Crippen LogP contribution in [-0.4, -0.2) is 122 Å². The number of nitrogens with zero attached hydrogens (tertiary/aromatic N) is 2. The highest BCUT2D eigenvalue weighted by molar-refractivity contribution is 7.89. The number of hydrogen-bond donors (Lipinski definition) is 6. The molecular formula is C51H63N7O13S2. The van der Waals surface area contributed by atoms with Crippen LogP contribution in [0.15, 0.2) is 130 Å². The molecule has 4 aromatic carbocycles. The number of aliphatic imine (C=N–C) groups is 1. The molecule has 1 aliphatic rings. The first-order valence-corrected chi connectivity index (χ1v) is 26.8. The van der Waals surface area contributed by atoms with Gasteiger partial charge in [0.1, 0.15) is 24.0 Å². The molecule has 0 bridgehead atoms. The van der Waals surface area contributed by atoms with Crippen LogP contribution in [0.4, 0.5) is 4.79 Å². The summed E-state index contributed by atoms with van der Waals surface area (Å²) in [5, 5.41) is 18.1. The number of carbonyl (C=O) groups excluding carboxylic acids is 2. The van der Waals surface area contributed by atoms with Gasteiger partial charge < -0.3 is 44.6 Å². The summed E-state index contributed by atoms with van der Waals surface area (Å²) in [7, 11) is -5.69. The minimum atomic E-state index is -4.25. The maximum Gasteiger partial charge on any atom is 0.407 e. The van der Waals surface area contributed by atoms with E-state index in [1.807, 2.05) is 79.9 Å². The highest BCUT2D eigenvalue weighted by atomic mass is 32.2. The molecule has 0 aliphatic carbocycles. The van der Waals surface area contributed by atoms with E-state index >= 15 is 0 Å². The lowest BCUT2D eigenvalue weighted by Gasteiger charge is -2.16. The fourth-order valence-electron chi connectivity index (χ4n) is 6.88. The molecule has 2 heterocycles. The van der Waals surface area contributed by atoms with Crippen LogP contribution in [0.25, 0.3) is 22.0 Å². The van der Waals surface area contributed by atoms with Crippen LogP contribution in [0.5, 0.6) is 0 Å². The smallest absolute Gasteiger partial charge is 0.407 e. The Morgan fingerprint density at radius 2 is 1.42 bits per heavy atom. The Balaban J connectivity index is 0.000000297. The number of rotatable bonds is 27. The van der Waals surface area contributed by atoms with Crippen LogP contribution in [0.1, 0.15) is 46.3 Å². The van der Waals surface area contributed by atoms with E-state index in [1.54, 1.807) is 35.9 Å². The van der Waals surface area contributed by atoms with Gasteiger partial charge in [0.15, 0.2) is 0 Å². The number of sulfonamides is 2. The van der Waals surface area contributed by atoms with Crippen LogP contribution in [0.2, 0.25) is 0 Å². The van der Waals surface area contributed by atoms with Crippen molar-refractivity contribution in [3.8, 4) is 11.1 Å². The number of aromatic nitrogens is 1. The Morgan fingerprint density at radius 1 is 0.795 bits per heavy atom. The summed E-state index contributed by atoms with van der Waals surface area (Å²) in [6.45, 7) is 5.74. The summed E-state index contributed by atoms with van der Waals surface area (Å²) in [4.78, 5) is 54.1. The molecule has 6 N–H and O–H groups in total. The summed E-state index contributed by atoms with van der Waals surface area (Å²) in [5.41, 5.74) is 4.49. The molecule has 392 valence electrons. The second kappa shape index (κ2) is 29.0. The minimum Gasteiger partial charge on any atom is -0.480 e. The van der Waals surface area contributed by atoms with Gasteiger partial charge in [-0.15, -0.1) is 0 Å². The van der Waals surface area contributed by atoms with Gasteiger partial charge in [-0.3, -0.25) is 19.4 Å². The zero-order valence-corrected chi connectivity index (χ0v) is 42.6. The summed E-state index contributed by atoms with van der Waals surface area (Å²) in [6.07, 6.45) is 7.88. The number of aryl methyl sites for hydroxylation is 2. The van der Waals surface area contributed by atoms with E-state index in [-0.39, 0.29) is 17.1 Å². The van der Waals surface area contributed by atoms with E-state index in [0.717, 1.165) is 46.3 Å². The van der Waals surface area contributed by atoms with E-state index in [4.69, 9.17) is 18.9 Å². The van der Waals surface area contributed by atoms with E-state index < -0.39 is 56.0 Å². The molecular weight excluding hydrogens is 983 g/mol. The Morgan fingerprint density at radius 3 is 2.04 bits per heavy atom. The van der Waals surface area contributed by atoms with Gasteiger partial charge in [0.2, 0.25) is 25.5 Å². The number of ether oxygens (including phenoxy) is 4. The third-order valence-corrected chi connectivity index (χ3v) is 13.0. The zero-order chi connectivity index (χ0) is 52.6. The second-order valence-corrected chi connectivity index (χ2v) is 20.2. The molecule has 2 amide bonds. The number of carboxylic acid groups (broad SMARTS) is 1. The SMILES string of the molecule is CS(=O)(=O)NCCCOCCOCCOCCCNC(=O)OCc1ccccc1.Cc1ccc(-c2ccc(S(=O)(=O)N[C@@H](CNC(=O)c3cn(C)c4cc(CN=C5CC=CN5)ccc4c3=O)C(=O)O)cc2)cc1. The number of aliphatic carboxylic acids is 1. The lowest BCUT2D eigenvalue weighted by Crippen LogP contribution is -2.48. The third-order valence-electron chi connectivity index (χ3n) is 10.8. The number of alkyl carbamates (subject to hydrolysis) is 1. The quantitative estimate of drug-likeness (QED) is 0.0399. The van der Waals surface area contributed by atoms with Crippen molar-refractivity contribution in [1.29, 1.82) is 0 Å². The first kappa shape index (κ1) is 57.1. The van der Waals surface area contributed by atoms with E-state index in [9.17, 15) is 41.1 Å². The molecule has 1 aromatic heterocycles. The molecule has 0 spiro atoms. The zero-order valence-electron chi connectivity index (χ0n) is 41.0. The van der Waals surface area contributed by atoms with Crippen molar-refractivity contribution in [2.24, 2.45) is 12.0 Å². The summed E-state index contributed by atoms with van der Waals surface area (Å²) >= 11 is 0. The van der Waals surface area contributed by atoms with Crippen molar-refractivity contribution < 1.29 is 55.3 Å². The number of carboxylic acids is 1. The van der Waals surface area contributed by atoms with Gasteiger partial charge in [0, 0.05) is 57.9 Å². The molecule has 73 heavy (non-hydrogen) atoms. The van der Waals surface area contributed by atoms with Crippen molar-refractivity contribution in [2.75, 3.05) is 65.5 Å². The summed E-state index contributed by atoms with van der Waals surface area (Å²) < 4.78 is 75.0. The van der Waals surface area contributed by atoms with Gasteiger partial charge in [-0.1, -0.05) is 84.4 Å². The molecule has 22 heteroatoms.